The maximum Gasteiger partial charge on any atom is 0.0303 e. The van der Waals surface area contributed by atoms with Crippen molar-refractivity contribution in [2.75, 3.05) is 37.7 Å². The zero-order valence-corrected chi connectivity index (χ0v) is 12.7. The van der Waals surface area contributed by atoms with Gasteiger partial charge in [-0.2, -0.15) is 11.8 Å². The summed E-state index contributed by atoms with van der Waals surface area (Å²) in [5, 5.41) is 3.78. The Morgan fingerprint density at radius 2 is 2.00 bits per heavy atom. The maximum atomic E-state index is 3.78. The van der Waals surface area contributed by atoms with Gasteiger partial charge in [-0.1, -0.05) is 20.8 Å². The zero-order chi connectivity index (χ0) is 12.6. The van der Waals surface area contributed by atoms with Crippen LogP contribution in [-0.4, -0.2) is 48.1 Å². The van der Waals surface area contributed by atoms with Crippen molar-refractivity contribution < 1.29 is 0 Å². The molecule has 0 aromatic rings. The van der Waals surface area contributed by atoms with E-state index < -0.39 is 0 Å². The molecule has 0 radical (unpaired) electrons. The van der Waals surface area contributed by atoms with Crippen LogP contribution in [0.1, 0.15) is 46.5 Å². The van der Waals surface area contributed by atoms with E-state index in [0.29, 0.717) is 5.54 Å². The summed E-state index contributed by atoms with van der Waals surface area (Å²) in [6.45, 7) is 11.9. The highest BCUT2D eigenvalue weighted by Crippen LogP contribution is 2.20. The summed E-state index contributed by atoms with van der Waals surface area (Å²) in [7, 11) is 0. The minimum absolute atomic E-state index is 0.383. The summed E-state index contributed by atoms with van der Waals surface area (Å²) in [4.78, 5) is 2.68. The summed E-state index contributed by atoms with van der Waals surface area (Å²) < 4.78 is 0. The molecule has 17 heavy (non-hydrogen) atoms. The van der Waals surface area contributed by atoms with E-state index in [1.54, 1.807) is 0 Å². The van der Waals surface area contributed by atoms with Gasteiger partial charge in [-0.25, -0.2) is 0 Å². The number of rotatable bonds is 7. The van der Waals surface area contributed by atoms with Crippen molar-refractivity contribution in [3.8, 4) is 0 Å². The average Bonchev–Trinajstić information content (AvgIpc) is 2.58. The lowest BCUT2D eigenvalue weighted by atomic mass is 9.92. The quantitative estimate of drug-likeness (QED) is 0.707. The maximum absolute atomic E-state index is 3.78. The molecule has 1 aliphatic heterocycles. The molecule has 0 aliphatic carbocycles. The molecule has 1 aliphatic rings. The van der Waals surface area contributed by atoms with Gasteiger partial charge in [0.25, 0.3) is 0 Å². The molecular formula is C14H30N2S. The third-order valence-electron chi connectivity index (χ3n) is 4.00. The lowest BCUT2D eigenvalue weighted by Crippen LogP contribution is -2.50. The average molecular weight is 258 g/mol. The molecule has 1 rings (SSSR count). The Bertz CT molecular complexity index is 193. The summed E-state index contributed by atoms with van der Waals surface area (Å²) in [5.41, 5.74) is 0.383. The van der Waals surface area contributed by atoms with E-state index in [-0.39, 0.29) is 0 Å². The van der Waals surface area contributed by atoms with Crippen LogP contribution in [0.2, 0.25) is 0 Å². The number of nitrogens with one attached hydrogen (secondary N) is 1. The second kappa shape index (κ2) is 8.39. The molecule has 0 saturated carbocycles. The molecule has 0 aromatic heterocycles. The van der Waals surface area contributed by atoms with Crippen molar-refractivity contribution in [2.24, 2.45) is 0 Å². The van der Waals surface area contributed by atoms with E-state index >= 15 is 0 Å². The molecule has 1 saturated heterocycles. The standard InChI is InChI=1S/C14H30N2S/c1-4-14(5-2)13-16(10-7-9-15-14)11-8-12-17-6-3/h15H,4-13H2,1-3H3. The molecule has 1 heterocycles. The van der Waals surface area contributed by atoms with Gasteiger partial charge >= 0.3 is 0 Å². The molecular weight excluding hydrogens is 228 g/mol. The Morgan fingerprint density at radius 1 is 1.24 bits per heavy atom. The van der Waals surface area contributed by atoms with E-state index in [1.165, 1.54) is 63.4 Å². The number of hydrogen-bond donors (Lipinski definition) is 1. The topological polar surface area (TPSA) is 15.3 Å². The summed E-state index contributed by atoms with van der Waals surface area (Å²) in [5.74, 6) is 2.58. The van der Waals surface area contributed by atoms with Crippen molar-refractivity contribution in [1.82, 2.24) is 10.2 Å². The molecule has 3 heteroatoms. The van der Waals surface area contributed by atoms with Crippen molar-refractivity contribution in [2.45, 2.75) is 52.0 Å². The SMILES string of the molecule is CCSCCCN1CCCNC(CC)(CC)C1. The summed E-state index contributed by atoms with van der Waals surface area (Å²) >= 11 is 2.07. The van der Waals surface area contributed by atoms with Crippen LogP contribution in [0.3, 0.4) is 0 Å². The highest BCUT2D eigenvalue weighted by atomic mass is 32.2. The number of hydrogen-bond acceptors (Lipinski definition) is 3. The van der Waals surface area contributed by atoms with Crippen LogP contribution in [0, 0.1) is 0 Å². The zero-order valence-electron chi connectivity index (χ0n) is 11.9. The third-order valence-corrected chi connectivity index (χ3v) is 4.98. The van der Waals surface area contributed by atoms with Crippen molar-refractivity contribution in [1.29, 1.82) is 0 Å². The van der Waals surface area contributed by atoms with Crippen LogP contribution < -0.4 is 5.32 Å². The fourth-order valence-electron chi connectivity index (χ4n) is 2.67. The van der Waals surface area contributed by atoms with Crippen LogP contribution in [0.4, 0.5) is 0 Å². The van der Waals surface area contributed by atoms with E-state index in [0.717, 1.165) is 0 Å². The second-order valence-corrected chi connectivity index (χ2v) is 6.49. The predicted molar refractivity (Wildman–Crippen MR) is 80.0 cm³/mol. The van der Waals surface area contributed by atoms with Gasteiger partial charge < -0.3 is 10.2 Å². The molecule has 0 atom stereocenters. The summed E-state index contributed by atoms with van der Waals surface area (Å²) in [6, 6.07) is 0. The minimum atomic E-state index is 0.383. The molecule has 1 fully saturated rings. The Kier molecular flexibility index (Phi) is 7.56. The van der Waals surface area contributed by atoms with Crippen LogP contribution in [-0.2, 0) is 0 Å². The lowest BCUT2D eigenvalue weighted by Gasteiger charge is -2.35. The third kappa shape index (κ3) is 5.19. The molecule has 2 nitrogen and oxygen atoms in total. The van der Waals surface area contributed by atoms with Crippen molar-refractivity contribution in [3.63, 3.8) is 0 Å². The monoisotopic (exact) mass is 258 g/mol. The van der Waals surface area contributed by atoms with Crippen LogP contribution in [0.25, 0.3) is 0 Å². The van der Waals surface area contributed by atoms with E-state index in [4.69, 9.17) is 0 Å². The van der Waals surface area contributed by atoms with Crippen LogP contribution >= 0.6 is 11.8 Å². The molecule has 102 valence electrons. The Balaban J connectivity index is 2.37. The van der Waals surface area contributed by atoms with Gasteiger partial charge in [0.2, 0.25) is 0 Å². The first-order chi connectivity index (χ1) is 8.26. The largest absolute Gasteiger partial charge is 0.310 e. The highest BCUT2D eigenvalue weighted by Gasteiger charge is 2.29. The van der Waals surface area contributed by atoms with E-state index in [2.05, 4.69) is 42.7 Å². The van der Waals surface area contributed by atoms with E-state index in [9.17, 15) is 0 Å². The fourth-order valence-corrected chi connectivity index (χ4v) is 3.29. The molecule has 0 amide bonds. The minimum Gasteiger partial charge on any atom is -0.310 e. The first kappa shape index (κ1) is 15.3. The van der Waals surface area contributed by atoms with Crippen molar-refractivity contribution in [3.05, 3.63) is 0 Å². The first-order valence-electron chi connectivity index (χ1n) is 7.31. The number of thioether (sulfide) groups is 1. The fraction of sp³-hybridized carbons (Fsp3) is 1.00. The smallest absolute Gasteiger partial charge is 0.0303 e. The Hall–Kier alpha value is 0.270. The van der Waals surface area contributed by atoms with Gasteiger partial charge in [0.1, 0.15) is 0 Å². The van der Waals surface area contributed by atoms with Gasteiger partial charge in [0.05, 0.1) is 0 Å². The second-order valence-electron chi connectivity index (χ2n) is 5.09. The van der Waals surface area contributed by atoms with Gasteiger partial charge in [-0.05, 0) is 56.8 Å². The molecule has 0 spiro atoms. The lowest BCUT2D eigenvalue weighted by molar-refractivity contribution is 0.198. The molecule has 0 aromatic carbocycles. The van der Waals surface area contributed by atoms with E-state index in [1.807, 2.05) is 0 Å². The Labute approximate surface area is 112 Å². The van der Waals surface area contributed by atoms with Gasteiger partial charge in [0, 0.05) is 12.1 Å². The predicted octanol–water partition coefficient (Wildman–Crippen LogP) is 2.98. The Morgan fingerprint density at radius 3 is 2.65 bits per heavy atom. The number of nitrogens with zero attached hydrogens (tertiary/aromatic N) is 1. The highest BCUT2D eigenvalue weighted by molar-refractivity contribution is 7.99. The molecule has 1 N–H and O–H groups in total. The molecule has 0 bridgehead atoms. The van der Waals surface area contributed by atoms with Gasteiger partial charge in [0.15, 0.2) is 0 Å². The van der Waals surface area contributed by atoms with Crippen LogP contribution in [0.15, 0.2) is 0 Å². The first-order valence-corrected chi connectivity index (χ1v) is 8.47. The van der Waals surface area contributed by atoms with Crippen LogP contribution in [0.5, 0.6) is 0 Å². The van der Waals surface area contributed by atoms with Gasteiger partial charge in [-0.3, -0.25) is 0 Å². The van der Waals surface area contributed by atoms with Gasteiger partial charge in [-0.15, -0.1) is 0 Å². The normalized spacial score (nSPS) is 21.4. The summed E-state index contributed by atoms with van der Waals surface area (Å²) in [6.07, 6.45) is 5.16. The van der Waals surface area contributed by atoms with Crippen molar-refractivity contribution >= 4 is 11.8 Å². The molecule has 0 unspecified atom stereocenters.